The Bertz CT molecular complexity index is 604. The van der Waals surface area contributed by atoms with Crippen molar-refractivity contribution in [2.24, 2.45) is 0 Å². The summed E-state index contributed by atoms with van der Waals surface area (Å²) in [4.78, 5) is 10.8. The zero-order valence-electron chi connectivity index (χ0n) is 10.3. The van der Waals surface area contributed by atoms with Crippen LogP contribution >= 0.6 is 0 Å². The molecule has 0 spiro atoms. The number of sulfonamides is 1. The van der Waals surface area contributed by atoms with E-state index in [1.165, 1.54) is 19.1 Å². The van der Waals surface area contributed by atoms with Crippen molar-refractivity contribution in [3.8, 4) is 6.07 Å². The van der Waals surface area contributed by atoms with Gasteiger partial charge in [0.2, 0.25) is 10.0 Å². The van der Waals surface area contributed by atoms with Crippen LogP contribution in [0.3, 0.4) is 0 Å². The molecule has 1 atom stereocenters. The SMILES string of the molecule is CC(C#N)S(=O)(=O)NCCc1cccc(C(=O)O)c1. The van der Waals surface area contributed by atoms with Gasteiger partial charge in [-0.25, -0.2) is 17.9 Å². The largest absolute Gasteiger partial charge is 0.478 e. The predicted octanol–water partition coefficient (Wildman–Crippen LogP) is 0.759. The first kappa shape index (κ1) is 15.1. The van der Waals surface area contributed by atoms with Crippen LogP contribution in [0.4, 0.5) is 0 Å². The predicted molar refractivity (Wildman–Crippen MR) is 69.1 cm³/mol. The van der Waals surface area contributed by atoms with Crippen LogP contribution in [0.15, 0.2) is 24.3 Å². The number of carboxylic acids is 1. The molecule has 0 saturated carbocycles. The highest BCUT2D eigenvalue weighted by Crippen LogP contribution is 2.06. The van der Waals surface area contributed by atoms with E-state index in [0.717, 1.165) is 0 Å². The number of benzene rings is 1. The lowest BCUT2D eigenvalue weighted by Gasteiger charge is -2.08. The van der Waals surface area contributed by atoms with Crippen LogP contribution in [0.25, 0.3) is 0 Å². The Hall–Kier alpha value is -1.91. The first-order valence-electron chi connectivity index (χ1n) is 5.57. The maximum atomic E-state index is 11.5. The molecule has 1 aromatic rings. The summed E-state index contributed by atoms with van der Waals surface area (Å²) in [6.45, 7) is 1.42. The Morgan fingerprint density at radius 2 is 2.21 bits per heavy atom. The average molecular weight is 282 g/mol. The highest BCUT2D eigenvalue weighted by Gasteiger charge is 2.18. The van der Waals surface area contributed by atoms with Crippen LogP contribution in [0.2, 0.25) is 0 Å². The lowest BCUT2D eigenvalue weighted by molar-refractivity contribution is 0.0696. The summed E-state index contributed by atoms with van der Waals surface area (Å²) >= 11 is 0. The Balaban J connectivity index is 2.62. The number of hydrogen-bond acceptors (Lipinski definition) is 4. The minimum atomic E-state index is -3.63. The summed E-state index contributed by atoms with van der Waals surface area (Å²) in [5.41, 5.74) is 0.873. The Morgan fingerprint density at radius 1 is 1.53 bits per heavy atom. The van der Waals surface area contributed by atoms with Crippen molar-refractivity contribution in [2.45, 2.75) is 18.6 Å². The van der Waals surface area contributed by atoms with E-state index in [9.17, 15) is 13.2 Å². The fourth-order valence-electron chi connectivity index (χ4n) is 1.39. The Labute approximate surface area is 111 Å². The molecule has 0 amide bonds. The summed E-state index contributed by atoms with van der Waals surface area (Å²) < 4.78 is 25.3. The molecule has 0 radical (unpaired) electrons. The molecule has 6 nitrogen and oxygen atoms in total. The first-order valence-corrected chi connectivity index (χ1v) is 7.12. The standard InChI is InChI=1S/C12H14N2O4S/c1-9(8-13)19(17,18)14-6-5-10-3-2-4-11(7-10)12(15)16/h2-4,7,9,14H,5-6H2,1H3,(H,15,16). The second-order valence-electron chi connectivity index (χ2n) is 3.97. The van der Waals surface area contributed by atoms with Gasteiger partial charge >= 0.3 is 5.97 Å². The monoisotopic (exact) mass is 282 g/mol. The van der Waals surface area contributed by atoms with E-state index in [0.29, 0.717) is 12.0 Å². The summed E-state index contributed by atoms with van der Waals surface area (Å²) in [7, 11) is -3.63. The van der Waals surface area contributed by atoms with E-state index >= 15 is 0 Å². The third-order valence-corrected chi connectivity index (χ3v) is 4.18. The summed E-state index contributed by atoms with van der Waals surface area (Å²) in [6.07, 6.45) is 0.360. The van der Waals surface area contributed by atoms with Crippen LogP contribution < -0.4 is 4.72 Å². The van der Waals surface area contributed by atoms with Crippen molar-refractivity contribution >= 4 is 16.0 Å². The number of hydrogen-bond donors (Lipinski definition) is 2. The second kappa shape index (κ2) is 6.31. The van der Waals surface area contributed by atoms with Crippen molar-refractivity contribution in [2.75, 3.05) is 6.54 Å². The van der Waals surface area contributed by atoms with Crippen LogP contribution in [-0.4, -0.2) is 31.3 Å². The van der Waals surface area contributed by atoms with E-state index in [4.69, 9.17) is 10.4 Å². The molecule has 19 heavy (non-hydrogen) atoms. The minimum absolute atomic E-state index is 0.122. The fraction of sp³-hybridized carbons (Fsp3) is 0.333. The summed E-state index contributed by atoms with van der Waals surface area (Å²) in [5, 5.41) is 16.3. The van der Waals surface area contributed by atoms with Gasteiger partial charge < -0.3 is 5.11 Å². The van der Waals surface area contributed by atoms with Crippen molar-refractivity contribution in [3.63, 3.8) is 0 Å². The molecule has 0 bridgehead atoms. The topological polar surface area (TPSA) is 107 Å². The zero-order valence-corrected chi connectivity index (χ0v) is 11.1. The van der Waals surface area contributed by atoms with E-state index in [2.05, 4.69) is 4.72 Å². The van der Waals surface area contributed by atoms with Crippen molar-refractivity contribution in [3.05, 3.63) is 35.4 Å². The van der Waals surface area contributed by atoms with Gasteiger partial charge in [0.15, 0.2) is 5.25 Å². The number of nitrogens with one attached hydrogen (secondary N) is 1. The van der Waals surface area contributed by atoms with Gasteiger partial charge in [-0.3, -0.25) is 0 Å². The van der Waals surface area contributed by atoms with E-state index < -0.39 is 21.2 Å². The highest BCUT2D eigenvalue weighted by atomic mass is 32.2. The van der Waals surface area contributed by atoms with E-state index in [1.807, 2.05) is 0 Å². The first-order chi connectivity index (χ1) is 8.86. The number of rotatable bonds is 6. The van der Waals surface area contributed by atoms with Gasteiger partial charge in [0.05, 0.1) is 11.6 Å². The third-order valence-electron chi connectivity index (χ3n) is 2.54. The lowest BCUT2D eigenvalue weighted by atomic mass is 10.1. The second-order valence-corrected chi connectivity index (χ2v) is 6.05. The molecule has 1 aromatic carbocycles. The molecule has 1 rings (SSSR count). The molecule has 0 heterocycles. The lowest BCUT2D eigenvalue weighted by Crippen LogP contribution is -2.33. The maximum absolute atomic E-state index is 11.5. The molecule has 102 valence electrons. The molecule has 0 aliphatic rings. The smallest absolute Gasteiger partial charge is 0.335 e. The van der Waals surface area contributed by atoms with Crippen LogP contribution in [-0.2, 0) is 16.4 Å². The summed E-state index contributed by atoms with van der Waals surface area (Å²) in [6, 6.07) is 7.93. The van der Waals surface area contributed by atoms with Gasteiger partial charge in [-0.15, -0.1) is 0 Å². The molecule has 7 heteroatoms. The number of carboxylic acid groups (broad SMARTS) is 1. The molecular weight excluding hydrogens is 268 g/mol. The molecule has 0 aliphatic heterocycles. The van der Waals surface area contributed by atoms with E-state index in [1.54, 1.807) is 18.2 Å². The maximum Gasteiger partial charge on any atom is 0.335 e. The van der Waals surface area contributed by atoms with Crippen molar-refractivity contribution in [1.82, 2.24) is 4.72 Å². The summed E-state index contributed by atoms with van der Waals surface area (Å²) in [5.74, 6) is -1.03. The Kier molecular flexibility index (Phi) is 5.03. The normalized spacial score (nSPS) is 12.6. The fourth-order valence-corrected chi connectivity index (χ4v) is 2.17. The molecular formula is C12H14N2O4S. The van der Waals surface area contributed by atoms with Crippen molar-refractivity contribution < 1.29 is 18.3 Å². The van der Waals surface area contributed by atoms with Crippen molar-refractivity contribution in [1.29, 1.82) is 5.26 Å². The van der Waals surface area contributed by atoms with Crippen LogP contribution in [0, 0.1) is 11.3 Å². The highest BCUT2D eigenvalue weighted by molar-refractivity contribution is 7.90. The van der Waals surface area contributed by atoms with Gasteiger partial charge in [0.1, 0.15) is 0 Å². The molecule has 0 fully saturated rings. The average Bonchev–Trinajstić information content (AvgIpc) is 2.37. The van der Waals surface area contributed by atoms with Gasteiger partial charge in [-0.05, 0) is 31.0 Å². The number of carbonyl (C=O) groups is 1. The van der Waals surface area contributed by atoms with E-state index in [-0.39, 0.29) is 12.1 Å². The quantitative estimate of drug-likeness (QED) is 0.801. The van der Waals surface area contributed by atoms with Crippen LogP contribution in [0.5, 0.6) is 0 Å². The molecule has 0 aromatic heterocycles. The zero-order chi connectivity index (χ0) is 14.5. The number of nitrogens with zero attached hydrogens (tertiary/aromatic N) is 1. The number of nitriles is 1. The van der Waals surface area contributed by atoms with Gasteiger partial charge in [0, 0.05) is 6.54 Å². The van der Waals surface area contributed by atoms with Crippen LogP contribution in [0.1, 0.15) is 22.8 Å². The molecule has 1 unspecified atom stereocenters. The number of aromatic carboxylic acids is 1. The van der Waals surface area contributed by atoms with Gasteiger partial charge in [0.25, 0.3) is 0 Å². The molecule has 2 N–H and O–H groups in total. The third kappa shape index (κ3) is 4.35. The Morgan fingerprint density at radius 3 is 2.79 bits per heavy atom. The van der Waals surface area contributed by atoms with Gasteiger partial charge in [-0.1, -0.05) is 12.1 Å². The van der Waals surface area contributed by atoms with Gasteiger partial charge in [-0.2, -0.15) is 5.26 Å². The molecule has 0 aliphatic carbocycles. The minimum Gasteiger partial charge on any atom is -0.478 e. The molecule has 0 saturated heterocycles.